The zero-order valence-corrected chi connectivity index (χ0v) is 13.8. The van der Waals surface area contributed by atoms with Crippen LogP contribution in [0.1, 0.15) is 25.7 Å². The first-order valence-corrected chi connectivity index (χ1v) is 8.28. The number of carbonyl (C=O) groups excluding carboxylic acids is 1. The van der Waals surface area contributed by atoms with Gasteiger partial charge in [-0.15, -0.1) is 0 Å². The Morgan fingerprint density at radius 2 is 1.96 bits per heavy atom. The van der Waals surface area contributed by atoms with Crippen LogP contribution in [-0.4, -0.2) is 52.9 Å². The molecule has 0 aliphatic carbocycles. The molecule has 24 heavy (non-hydrogen) atoms. The largest absolute Gasteiger partial charge is 0.497 e. The van der Waals surface area contributed by atoms with Gasteiger partial charge in [0.25, 0.3) is 0 Å². The summed E-state index contributed by atoms with van der Waals surface area (Å²) < 4.78 is 11.9. The number of fused-ring (bicyclic) bond motifs is 3. The molecule has 2 saturated heterocycles. The van der Waals surface area contributed by atoms with Crippen LogP contribution in [0.5, 0.6) is 5.75 Å². The lowest BCUT2D eigenvalue weighted by molar-refractivity contribution is 0.0290. The summed E-state index contributed by atoms with van der Waals surface area (Å²) in [5.41, 5.74) is 0.570. The number of ether oxygens (including phenoxy) is 2. The number of benzene rings is 1. The maximum atomic E-state index is 12.6. The number of carbonyl (C=O) groups is 1. The van der Waals surface area contributed by atoms with E-state index in [1.165, 1.54) is 0 Å². The molecule has 0 amide bonds. The lowest BCUT2D eigenvalue weighted by atomic mass is 10.0. The number of H-pyrrole nitrogens is 1. The Morgan fingerprint density at radius 3 is 2.62 bits per heavy atom. The fourth-order valence-corrected chi connectivity index (χ4v) is 4.05. The molecule has 4 rings (SSSR count). The number of piperidine rings is 1. The van der Waals surface area contributed by atoms with Crippen molar-refractivity contribution in [2.75, 3.05) is 14.2 Å². The molecular formula is C17H21N3O4. The first-order chi connectivity index (χ1) is 11.6. The highest BCUT2D eigenvalue weighted by atomic mass is 16.6. The molecular weight excluding hydrogens is 310 g/mol. The number of methoxy groups -OCH3 is 1. The quantitative estimate of drug-likeness (QED) is 0.910. The average Bonchev–Trinajstić information content (AvgIpc) is 2.97. The van der Waals surface area contributed by atoms with Crippen LogP contribution in [0.2, 0.25) is 0 Å². The Kier molecular flexibility index (Phi) is 3.60. The molecule has 2 fully saturated rings. The van der Waals surface area contributed by atoms with Crippen molar-refractivity contribution in [1.82, 2.24) is 14.5 Å². The van der Waals surface area contributed by atoms with E-state index in [0.717, 1.165) is 30.3 Å². The molecule has 7 nitrogen and oxygen atoms in total. The monoisotopic (exact) mass is 331 g/mol. The normalized spacial score (nSPS) is 26.7. The number of nitrogens with zero attached hydrogens (tertiary/aromatic N) is 2. The summed E-state index contributed by atoms with van der Waals surface area (Å²) in [5, 5.41) is 0. The summed E-state index contributed by atoms with van der Waals surface area (Å²) in [4.78, 5) is 29.8. The summed E-state index contributed by atoms with van der Waals surface area (Å²) in [7, 11) is 3.69. The maximum Gasteiger partial charge on any atom is 0.423 e. The Bertz CT molecular complexity index is 826. The van der Waals surface area contributed by atoms with Gasteiger partial charge in [0.15, 0.2) is 0 Å². The smallest absolute Gasteiger partial charge is 0.423 e. The van der Waals surface area contributed by atoms with Crippen molar-refractivity contribution in [1.29, 1.82) is 0 Å². The summed E-state index contributed by atoms with van der Waals surface area (Å²) >= 11 is 0. The van der Waals surface area contributed by atoms with E-state index in [1.54, 1.807) is 25.3 Å². The van der Waals surface area contributed by atoms with Crippen LogP contribution < -0.4 is 10.4 Å². The molecule has 2 aromatic rings. The van der Waals surface area contributed by atoms with Gasteiger partial charge in [-0.3, -0.25) is 0 Å². The summed E-state index contributed by atoms with van der Waals surface area (Å²) in [5.74, 6) is 0.621. The minimum atomic E-state index is -0.606. The lowest BCUT2D eigenvalue weighted by Crippen LogP contribution is -2.44. The fraction of sp³-hybridized carbons (Fsp3) is 0.529. The van der Waals surface area contributed by atoms with Crippen molar-refractivity contribution in [3.63, 3.8) is 0 Å². The minimum Gasteiger partial charge on any atom is -0.497 e. The van der Waals surface area contributed by atoms with E-state index in [-0.39, 0.29) is 6.10 Å². The zero-order chi connectivity index (χ0) is 16.8. The number of nitrogens with one attached hydrogen (secondary N) is 1. The lowest BCUT2D eigenvalue weighted by Gasteiger charge is -2.35. The molecule has 7 heteroatoms. The molecule has 0 saturated carbocycles. The third kappa shape index (κ3) is 2.39. The molecule has 3 heterocycles. The Hall–Kier alpha value is -2.28. The number of aromatic amines is 1. The van der Waals surface area contributed by atoms with Crippen LogP contribution in [-0.2, 0) is 4.74 Å². The second-order valence-electron chi connectivity index (χ2n) is 6.68. The molecule has 1 aromatic heterocycles. The highest BCUT2D eigenvalue weighted by Crippen LogP contribution is 2.35. The highest BCUT2D eigenvalue weighted by Gasteiger charge is 2.40. The zero-order valence-electron chi connectivity index (χ0n) is 13.8. The molecule has 1 aromatic carbocycles. The summed E-state index contributed by atoms with van der Waals surface area (Å²) in [6.45, 7) is 0. The van der Waals surface area contributed by atoms with Crippen molar-refractivity contribution in [2.24, 2.45) is 0 Å². The maximum absolute atomic E-state index is 12.6. The van der Waals surface area contributed by atoms with Crippen molar-refractivity contribution in [3.8, 4) is 5.75 Å². The van der Waals surface area contributed by atoms with Crippen molar-refractivity contribution < 1.29 is 14.3 Å². The molecule has 1 N–H and O–H groups in total. The van der Waals surface area contributed by atoms with E-state index in [2.05, 4.69) is 16.9 Å². The number of rotatable bonds is 2. The van der Waals surface area contributed by atoms with Crippen LogP contribution in [0.15, 0.2) is 23.0 Å². The number of aromatic nitrogens is 2. The van der Waals surface area contributed by atoms with Crippen LogP contribution >= 0.6 is 0 Å². The van der Waals surface area contributed by atoms with E-state index in [0.29, 0.717) is 28.9 Å². The van der Waals surface area contributed by atoms with Gasteiger partial charge in [0.2, 0.25) is 0 Å². The molecule has 2 bridgehead atoms. The van der Waals surface area contributed by atoms with Gasteiger partial charge in [-0.05, 0) is 32.0 Å². The first-order valence-electron chi connectivity index (χ1n) is 8.28. The molecule has 3 atom stereocenters. The number of hydrogen-bond acceptors (Lipinski definition) is 5. The molecule has 128 valence electrons. The molecule has 2 aliphatic heterocycles. The van der Waals surface area contributed by atoms with Crippen molar-refractivity contribution in [3.05, 3.63) is 28.7 Å². The third-order valence-corrected chi connectivity index (χ3v) is 5.39. The average molecular weight is 331 g/mol. The van der Waals surface area contributed by atoms with Gasteiger partial charge in [0.1, 0.15) is 11.9 Å². The van der Waals surface area contributed by atoms with Crippen molar-refractivity contribution in [2.45, 2.75) is 43.9 Å². The molecule has 0 radical (unpaired) electrons. The SMILES string of the molecule is COc1ccc2c(c1)[nH]c(=O)n2C(=O)OC1C[C@H]2CC[C@@H](C1)N2C. The minimum absolute atomic E-state index is 0.124. The molecule has 0 spiro atoms. The van der Waals surface area contributed by atoms with Crippen LogP contribution in [0.4, 0.5) is 4.79 Å². The summed E-state index contributed by atoms with van der Waals surface area (Å²) in [6.07, 6.45) is 3.25. The summed E-state index contributed by atoms with van der Waals surface area (Å²) in [6, 6.07) is 6.05. The Balaban J connectivity index is 1.58. The van der Waals surface area contributed by atoms with E-state index < -0.39 is 11.8 Å². The third-order valence-electron chi connectivity index (χ3n) is 5.39. The molecule has 1 unspecified atom stereocenters. The standard InChI is InChI=1S/C17H21N3O4/c1-19-10-3-4-11(19)8-13(7-10)24-17(22)20-15-6-5-12(23-2)9-14(15)18-16(20)21/h5-6,9-11,13H,3-4,7-8H2,1-2H3,(H,18,21)/t10-,11+,13?. The van der Waals surface area contributed by atoms with Crippen LogP contribution in [0.3, 0.4) is 0 Å². The van der Waals surface area contributed by atoms with Crippen LogP contribution in [0.25, 0.3) is 11.0 Å². The highest BCUT2D eigenvalue weighted by molar-refractivity contribution is 5.87. The Morgan fingerprint density at radius 1 is 1.25 bits per heavy atom. The second-order valence-corrected chi connectivity index (χ2v) is 6.68. The topological polar surface area (TPSA) is 76.6 Å². The van der Waals surface area contributed by atoms with Gasteiger partial charge in [-0.25, -0.2) is 9.59 Å². The number of hydrogen-bond donors (Lipinski definition) is 1. The predicted octanol–water partition coefficient (Wildman–Crippen LogP) is 1.95. The predicted molar refractivity (Wildman–Crippen MR) is 88.6 cm³/mol. The van der Waals surface area contributed by atoms with E-state index in [1.807, 2.05) is 0 Å². The van der Waals surface area contributed by atoms with E-state index in [4.69, 9.17) is 9.47 Å². The van der Waals surface area contributed by atoms with Crippen molar-refractivity contribution >= 4 is 17.1 Å². The van der Waals surface area contributed by atoms with E-state index in [9.17, 15) is 9.59 Å². The van der Waals surface area contributed by atoms with Crippen LogP contribution in [0, 0.1) is 0 Å². The van der Waals surface area contributed by atoms with Gasteiger partial charge in [0, 0.05) is 31.0 Å². The van der Waals surface area contributed by atoms with Gasteiger partial charge in [-0.2, -0.15) is 4.57 Å². The Labute approximate surface area is 139 Å². The van der Waals surface area contributed by atoms with Gasteiger partial charge < -0.3 is 19.4 Å². The van der Waals surface area contributed by atoms with Gasteiger partial charge >= 0.3 is 11.8 Å². The second kappa shape index (κ2) is 5.66. The van der Waals surface area contributed by atoms with Gasteiger partial charge in [-0.1, -0.05) is 0 Å². The molecule has 2 aliphatic rings. The van der Waals surface area contributed by atoms with E-state index >= 15 is 0 Å². The first kappa shape index (κ1) is 15.3. The van der Waals surface area contributed by atoms with Gasteiger partial charge in [0.05, 0.1) is 18.1 Å². The fourth-order valence-electron chi connectivity index (χ4n) is 4.05. The number of imidazole rings is 1.